The van der Waals surface area contributed by atoms with Gasteiger partial charge in [-0.1, -0.05) is 0 Å². The number of rotatable bonds is 3. The van der Waals surface area contributed by atoms with Crippen molar-refractivity contribution in [1.29, 1.82) is 0 Å². The molecule has 0 aliphatic heterocycles. The molecule has 2 N–H and O–H groups in total. The van der Waals surface area contributed by atoms with E-state index >= 15 is 0 Å². The number of carbonyl (C=O) groups is 1. The Morgan fingerprint density at radius 3 is 2.68 bits per heavy atom. The first-order valence-corrected chi connectivity index (χ1v) is 4.86. The van der Waals surface area contributed by atoms with E-state index in [1.807, 2.05) is 0 Å². The van der Waals surface area contributed by atoms with Gasteiger partial charge >= 0.3 is 5.97 Å². The third-order valence-corrected chi connectivity index (χ3v) is 2.28. The molecule has 98 valence electrons. The number of halogens is 1. The van der Waals surface area contributed by atoms with Crippen LogP contribution >= 0.6 is 0 Å². The average molecular weight is 267 g/mol. The van der Waals surface area contributed by atoms with E-state index in [0.717, 1.165) is 29.1 Å². The Balaban J connectivity index is 2.64. The second-order valence-corrected chi connectivity index (χ2v) is 3.50. The number of carboxylic acid groups (broad SMARTS) is 1. The number of aromatic nitrogens is 2. The number of aromatic hydroxyl groups is 1. The second-order valence-electron chi connectivity index (χ2n) is 3.50. The van der Waals surface area contributed by atoms with Crippen molar-refractivity contribution in [2.75, 3.05) is 0 Å². The monoisotopic (exact) mass is 267 g/mol. The van der Waals surface area contributed by atoms with Gasteiger partial charge in [0, 0.05) is 12.1 Å². The fourth-order valence-corrected chi connectivity index (χ4v) is 1.48. The minimum Gasteiger partial charge on any atom is -0.504 e. The molecule has 2 rings (SSSR count). The molecule has 0 saturated carbocycles. The molecule has 0 saturated heterocycles. The molecule has 0 atom stereocenters. The number of hydrogen-bond donors (Lipinski definition) is 2. The molecular weight excluding hydrogens is 261 g/mol. The van der Waals surface area contributed by atoms with Gasteiger partial charge in [-0.25, -0.2) is 13.9 Å². The maximum Gasteiger partial charge on any atom is 0.360 e. The summed E-state index contributed by atoms with van der Waals surface area (Å²) in [7, 11) is 0. The molecule has 0 unspecified atom stereocenters. The Hall–Kier alpha value is -2.97. The van der Waals surface area contributed by atoms with Crippen LogP contribution in [0, 0.1) is 15.9 Å². The average Bonchev–Trinajstić information content (AvgIpc) is 2.70. The van der Waals surface area contributed by atoms with Gasteiger partial charge in [-0.05, 0) is 6.07 Å². The number of nitro benzene ring substituents is 1. The number of hydrogen-bond acceptors (Lipinski definition) is 5. The predicted molar refractivity (Wildman–Crippen MR) is 58.8 cm³/mol. The highest BCUT2D eigenvalue weighted by Crippen LogP contribution is 2.26. The van der Waals surface area contributed by atoms with Crippen LogP contribution in [0.3, 0.4) is 0 Å². The summed E-state index contributed by atoms with van der Waals surface area (Å²) in [4.78, 5) is 20.7. The van der Waals surface area contributed by atoms with Crippen molar-refractivity contribution in [2.45, 2.75) is 0 Å². The van der Waals surface area contributed by atoms with Crippen molar-refractivity contribution in [3.8, 4) is 11.4 Å². The number of benzene rings is 1. The van der Waals surface area contributed by atoms with Gasteiger partial charge < -0.3 is 10.2 Å². The summed E-state index contributed by atoms with van der Waals surface area (Å²) in [5.74, 6) is -2.94. The lowest BCUT2D eigenvalue weighted by molar-refractivity contribution is -0.384. The quantitative estimate of drug-likeness (QED) is 0.639. The first-order valence-electron chi connectivity index (χ1n) is 4.86. The molecule has 19 heavy (non-hydrogen) atoms. The zero-order chi connectivity index (χ0) is 14.2. The fraction of sp³-hybridized carbons (Fsp3) is 0. The fourth-order valence-electron chi connectivity index (χ4n) is 1.48. The van der Waals surface area contributed by atoms with E-state index in [2.05, 4.69) is 5.10 Å². The molecule has 0 spiro atoms. The molecule has 0 amide bonds. The number of carboxylic acids is 1. The van der Waals surface area contributed by atoms with E-state index in [0.29, 0.717) is 0 Å². The van der Waals surface area contributed by atoms with Crippen molar-refractivity contribution in [1.82, 2.24) is 9.78 Å². The first kappa shape index (κ1) is 12.5. The van der Waals surface area contributed by atoms with E-state index in [9.17, 15) is 24.4 Å². The summed E-state index contributed by atoms with van der Waals surface area (Å²) < 4.78 is 13.9. The lowest BCUT2D eigenvalue weighted by Crippen LogP contribution is -2.04. The maximum absolute atomic E-state index is 13.1. The van der Waals surface area contributed by atoms with Crippen LogP contribution in [0.5, 0.6) is 5.75 Å². The van der Waals surface area contributed by atoms with Crippen molar-refractivity contribution < 1.29 is 24.3 Å². The minimum absolute atomic E-state index is 0.284. The first-order chi connectivity index (χ1) is 8.90. The highest BCUT2D eigenvalue weighted by Gasteiger charge is 2.21. The largest absolute Gasteiger partial charge is 0.504 e. The summed E-state index contributed by atoms with van der Waals surface area (Å²) >= 11 is 0. The SMILES string of the molecule is O=C(O)c1nn(-c2cc(F)ccc2[N+](=O)[O-])cc1O. The molecule has 0 aliphatic carbocycles. The molecule has 0 aliphatic rings. The maximum atomic E-state index is 13.1. The van der Waals surface area contributed by atoms with Crippen molar-refractivity contribution in [3.63, 3.8) is 0 Å². The molecule has 1 aromatic heterocycles. The zero-order valence-electron chi connectivity index (χ0n) is 9.15. The van der Waals surface area contributed by atoms with E-state index in [4.69, 9.17) is 5.11 Å². The van der Waals surface area contributed by atoms with Crippen LogP contribution in [-0.4, -0.2) is 30.9 Å². The summed E-state index contributed by atoms with van der Waals surface area (Å²) in [6.07, 6.45) is 0.852. The Morgan fingerprint density at radius 1 is 1.47 bits per heavy atom. The third-order valence-electron chi connectivity index (χ3n) is 2.28. The van der Waals surface area contributed by atoms with E-state index < -0.39 is 33.8 Å². The Morgan fingerprint density at radius 2 is 2.16 bits per heavy atom. The van der Waals surface area contributed by atoms with Crippen LogP contribution in [0.15, 0.2) is 24.4 Å². The van der Waals surface area contributed by atoms with Crippen LogP contribution in [-0.2, 0) is 0 Å². The number of nitrogens with zero attached hydrogens (tertiary/aromatic N) is 3. The summed E-state index contributed by atoms with van der Waals surface area (Å²) in [5, 5.41) is 32.3. The van der Waals surface area contributed by atoms with Crippen molar-refractivity contribution >= 4 is 11.7 Å². The Labute approximate surface area is 104 Å². The van der Waals surface area contributed by atoms with Crippen LogP contribution < -0.4 is 0 Å². The van der Waals surface area contributed by atoms with Gasteiger partial charge in [0.15, 0.2) is 5.75 Å². The van der Waals surface area contributed by atoms with Crippen molar-refractivity contribution in [3.05, 3.63) is 46.0 Å². The third kappa shape index (κ3) is 2.20. The molecule has 2 aromatic rings. The smallest absolute Gasteiger partial charge is 0.360 e. The lowest BCUT2D eigenvalue weighted by Gasteiger charge is -2.02. The van der Waals surface area contributed by atoms with Crippen LogP contribution in [0.1, 0.15) is 10.5 Å². The molecule has 1 heterocycles. The van der Waals surface area contributed by atoms with Crippen LogP contribution in [0.4, 0.5) is 10.1 Å². The topological polar surface area (TPSA) is 118 Å². The minimum atomic E-state index is -1.50. The number of nitro groups is 1. The normalized spacial score (nSPS) is 10.4. The van der Waals surface area contributed by atoms with Gasteiger partial charge in [0.1, 0.15) is 11.5 Å². The molecule has 0 bridgehead atoms. The molecule has 0 fully saturated rings. The summed E-state index contributed by atoms with van der Waals surface area (Å²) in [5.41, 5.74) is -1.44. The van der Waals surface area contributed by atoms with Gasteiger partial charge in [-0.15, -0.1) is 0 Å². The number of aromatic carboxylic acids is 1. The van der Waals surface area contributed by atoms with Crippen LogP contribution in [0.2, 0.25) is 0 Å². The molecule has 0 radical (unpaired) electrons. The van der Waals surface area contributed by atoms with Gasteiger partial charge in [0.05, 0.1) is 11.1 Å². The second kappa shape index (κ2) is 4.37. The van der Waals surface area contributed by atoms with Gasteiger partial charge in [-0.3, -0.25) is 10.1 Å². The zero-order valence-corrected chi connectivity index (χ0v) is 9.15. The standard InChI is InChI=1S/C10H6FN3O5/c11-5-1-2-6(14(18)19)7(3-5)13-4-8(15)9(12-13)10(16)17/h1-4,15H,(H,16,17). The summed E-state index contributed by atoms with van der Waals surface area (Å²) in [6.45, 7) is 0. The molecule has 9 heteroatoms. The van der Waals surface area contributed by atoms with Gasteiger partial charge in [-0.2, -0.15) is 5.10 Å². The van der Waals surface area contributed by atoms with Gasteiger partial charge in [0.25, 0.3) is 5.69 Å². The van der Waals surface area contributed by atoms with E-state index in [1.54, 1.807) is 0 Å². The predicted octanol–water partition coefficient (Wildman–Crippen LogP) is 1.32. The Kier molecular flexibility index (Phi) is 2.87. The van der Waals surface area contributed by atoms with E-state index in [1.165, 1.54) is 0 Å². The van der Waals surface area contributed by atoms with Crippen LogP contribution in [0.25, 0.3) is 5.69 Å². The molecule has 1 aromatic carbocycles. The molecule has 8 nitrogen and oxygen atoms in total. The molecular formula is C10H6FN3O5. The Bertz CT molecular complexity index is 682. The highest BCUT2D eigenvalue weighted by atomic mass is 19.1. The highest BCUT2D eigenvalue weighted by molar-refractivity contribution is 5.88. The summed E-state index contributed by atoms with van der Waals surface area (Å²) in [6, 6.07) is 2.63. The van der Waals surface area contributed by atoms with E-state index in [-0.39, 0.29) is 5.69 Å². The van der Waals surface area contributed by atoms with Crippen molar-refractivity contribution in [2.24, 2.45) is 0 Å². The van der Waals surface area contributed by atoms with Gasteiger partial charge in [0.2, 0.25) is 5.69 Å². The lowest BCUT2D eigenvalue weighted by atomic mass is 10.2.